The van der Waals surface area contributed by atoms with Crippen LogP contribution in [0.4, 0.5) is 0 Å². The lowest BCUT2D eigenvalue weighted by Crippen LogP contribution is -2.37. The van der Waals surface area contributed by atoms with Gasteiger partial charge in [-0.05, 0) is 38.8 Å². The van der Waals surface area contributed by atoms with Gasteiger partial charge in [0, 0.05) is 32.0 Å². The summed E-state index contributed by atoms with van der Waals surface area (Å²) in [4.78, 5) is 7.14. The molecule has 1 saturated heterocycles. The van der Waals surface area contributed by atoms with Crippen molar-refractivity contribution in [3.63, 3.8) is 0 Å². The van der Waals surface area contributed by atoms with Crippen molar-refractivity contribution in [2.75, 3.05) is 20.2 Å². The fourth-order valence-electron chi connectivity index (χ4n) is 3.28. The monoisotopic (exact) mass is 264 g/mol. The van der Waals surface area contributed by atoms with Crippen LogP contribution in [0.15, 0.2) is 0 Å². The summed E-state index contributed by atoms with van der Waals surface area (Å²) < 4.78 is 2.05. The predicted octanol–water partition coefficient (Wildman–Crippen LogP) is 0.860. The molecule has 5 nitrogen and oxygen atoms in total. The molecule has 0 bridgehead atoms. The van der Waals surface area contributed by atoms with E-state index in [-0.39, 0.29) is 6.61 Å². The van der Waals surface area contributed by atoms with Gasteiger partial charge in [-0.3, -0.25) is 0 Å². The molecule has 5 heteroatoms. The van der Waals surface area contributed by atoms with E-state index in [1.807, 2.05) is 4.68 Å². The summed E-state index contributed by atoms with van der Waals surface area (Å²) >= 11 is 0. The smallest absolute Gasteiger partial charge is 0.152 e. The third kappa shape index (κ3) is 2.82. The SMILES string of the molecule is CN1CCCCC1Cc1nc2n(n1)CCC(CO)C2. The largest absolute Gasteiger partial charge is 0.396 e. The van der Waals surface area contributed by atoms with Gasteiger partial charge in [0.2, 0.25) is 0 Å². The van der Waals surface area contributed by atoms with Gasteiger partial charge >= 0.3 is 0 Å². The number of fused-ring (bicyclic) bond motifs is 1. The lowest BCUT2D eigenvalue weighted by atomic mass is 9.99. The first-order valence-corrected chi connectivity index (χ1v) is 7.50. The van der Waals surface area contributed by atoms with Crippen LogP contribution in [0.25, 0.3) is 0 Å². The zero-order chi connectivity index (χ0) is 13.2. The fourth-order valence-corrected chi connectivity index (χ4v) is 3.28. The zero-order valence-corrected chi connectivity index (χ0v) is 11.8. The van der Waals surface area contributed by atoms with E-state index in [1.165, 1.54) is 25.8 Å². The number of rotatable bonds is 3. The molecule has 1 aromatic rings. The summed E-state index contributed by atoms with van der Waals surface area (Å²) in [5.41, 5.74) is 0. The van der Waals surface area contributed by atoms with Crippen LogP contribution in [0, 0.1) is 5.92 Å². The minimum atomic E-state index is 0.271. The van der Waals surface area contributed by atoms with E-state index in [2.05, 4.69) is 17.0 Å². The number of aromatic nitrogens is 3. The van der Waals surface area contributed by atoms with Crippen molar-refractivity contribution in [1.29, 1.82) is 0 Å². The molecular weight excluding hydrogens is 240 g/mol. The number of nitrogens with zero attached hydrogens (tertiary/aromatic N) is 4. The van der Waals surface area contributed by atoms with Crippen LogP contribution >= 0.6 is 0 Å². The molecule has 0 amide bonds. The molecule has 1 N–H and O–H groups in total. The Kier molecular flexibility index (Phi) is 3.84. The first kappa shape index (κ1) is 13.1. The number of aryl methyl sites for hydroxylation is 1. The van der Waals surface area contributed by atoms with Crippen molar-refractivity contribution < 1.29 is 5.11 Å². The van der Waals surface area contributed by atoms with E-state index in [9.17, 15) is 5.11 Å². The van der Waals surface area contributed by atoms with Crippen LogP contribution in [0.5, 0.6) is 0 Å². The van der Waals surface area contributed by atoms with E-state index in [0.29, 0.717) is 12.0 Å². The maximum absolute atomic E-state index is 9.26. The molecule has 2 unspecified atom stereocenters. The second-order valence-electron chi connectivity index (χ2n) is 6.04. The molecule has 2 aliphatic heterocycles. The third-order valence-corrected chi connectivity index (χ3v) is 4.61. The second-order valence-corrected chi connectivity index (χ2v) is 6.04. The Morgan fingerprint density at radius 1 is 1.26 bits per heavy atom. The maximum Gasteiger partial charge on any atom is 0.152 e. The van der Waals surface area contributed by atoms with E-state index in [1.54, 1.807) is 0 Å². The molecule has 0 saturated carbocycles. The minimum absolute atomic E-state index is 0.271. The Hall–Kier alpha value is -0.940. The van der Waals surface area contributed by atoms with Gasteiger partial charge in [0.05, 0.1) is 0 Å². The number of aliphatic hydroxyl groups is 1. The second kappa shape index (κ2) is 5.59. The summed E-state index contributed by atoms with van der Waals surface area (Å²) in [5.74, 6) is 2.44. The Labute approximate surface area is 114 Å². The van der Waals surface area contributed by atoms with E-state index < -0.39 is 0 Å². The van der Waals surface area contributed by atoms with Crippen molar-refractivity contribution in [1.82, 2.24) is 19.7 Å². The van der Waals surface area contributed by atoms with Crippen LogP contribution in [0.1, 0.15) is 37.3 Å². The summed E-state index contributed by atoms with van der Waals surface area (Å²) in [6.45, 7) is 2.38. The first-order valence-electron chi connectivity index (χ1n) is 7.50. The predicted molar refractivity (Wildman–Crippen MR) is 72.9 cm³/mol. The molecular formula is C14H24N4O. The summed E-state index contributed by atoms with van der Waals surface area (Å²) in [6.07, 6.45) is 6.78. The van der Waals surface area contributed by atoms with Crippen molar-refractivity contribution in [3.8, 4) is 0 Å². The average molecular weight is 264 g/mol. The molecule has 2 atom stereocenters. The third-order valence-electron chi connectivity index (χ3n) is 4.61. The number of likely N-dealkylation sites (N-methyl/N-ethyl adjacent to an activating group) is 1. The molecule has 106 valence electrons. The molecule has 0 spiro atoms. The highest BCUT2D eigenvalue weighted by molar-refractivity contribution is 5.00. The summed E-state index contributed by atoms with van der Waals surface area (Å²) in [7, 11) is 2.21. The number of likely N-dealkylation sites (tertiary alicyclic amines) is 1. The first-order chi connectivity index (χ1) is 9.26. The van der Waals surface area contributed by atoms with Gasteiger partial charge in [-0.25, -0.2) is 9.67 Å². The molecule has 0 aromatic carbocycles. The quantitative estimate of drug-likeness (QED) is 0.880. The van der Waals surface area contributed by atoms with Crippen LogP contribution in [-0.2, 0) is 19.4 Å². The minimum Gasteiger partial charge on any atom is -0.396 e. The van der Waals surface area contributed by atoms with E-state index in [0.717, 1.165) is 37.5 Å². The number of piperidine rings is 1. The van der Waals surface area contributed by atoms with Crippen LogP contribution in [0.2, 0.25) is 0 Å². The highest BCUT2D eigenvalue weighted by Gasteiger charge is 2.24. The van der Waals surface area contributed by atoms with Gasteiger partial charge in [0.1, 0.15) is 5.82 Å². The Bertz CT molecular complexity index is 431. The molecule has 3 rings (SSSR count). The highest BCUT2D eigenvalue weighted by atomic mass is 16.3. The molecule has 0 aliphatic carbocycles. The topological polar surface area (TPSA) is 54.2 Å². The maximum atomic E-state index is 9.26. The molecule has 3 heterocycles. The van der Waals surface area contributed by atoms with Crippen molar-refractivity contribution >= 4 is 0 Å². The van der Waals surface area contributed by atoms with Gasteiger partial charge in [0.15, 0.2) is 5.82 Å². The molecule has 1 fully saturated rings. The van der Waals surface area contributed by atoms with Crippen molar-refractivity contribution in [3.05, 3.63) is 11.6 Å². The van der Waals surface area contributed by atoms with Crippen molar-refractivity contribution in [2.24, 2.45) is 5.92 Å². The normalized spacial score (nSPS) is 28.3. The standard InChI is InChI=1S/C14H24N4O/c1-17-6-3-2-4-12(17)9-13-15-14-8-11(10-19)5-7-18(14)16-13/h11-12,19H,2-10H2,1H3. The number of aliphatic hydroxyl groups excluding tert-OH is 1. The van der Waals surface area contributed by atoms with Crippen molar-refractivity contribution in [2.45, 2.75) is 51.1 Å². The van der Waals surface area contributed by atoms with Crippen LogP contribution in [-0.4, -0.2) is 51.0 Å². The average Bonchev–Trinajstić information content (AvgIpc) is 2.82. The molecule has 19 heavy (non-hydrogen) atoms. The van der Waals surface area contributed by atoms with Gasteiger partial charge < -0.3 is 10.0 Å². The Morgan fingerprint density at radius 3 is 2.95 bits per heavy atom. The Balaban J connectivity index is 1.67. The lowest BCUT2D eigenvalue weighted by Gasteiger charge is -2.31. The van der Waals surface area contributed by atoms with Gasteiger partial charge in [0.25, 0.3) is 0 Å². The summed E-state index contributed by atoms with van der Waals surface area (Å²) in [5, 5.41) is 13.9. The zero-order valence-electron chi connectivity index (χ0n) is 11.8. The number of hydrogen-bond acceptors (Lipinski definition) is 4. The van der Waals surface area contributed by atoms with E-state index >= 15 is 0 Å². The van der Waals surface area contributed by atoms with E-state index in [4.69, 9.17) is 4.98 Å². The van der Waals surface area contributed by atoms with Gasteiger partial charge in [-0.2, -0.15) is 5.10 Å². The molecule has 1 aromatic heterocycles. The number of hydrogen-bond donors (Lipinski definition) is 1. The van der Waals surface area contributed by atoms with Crippen LogP contribution < -0.4 is 0 Å². The molecule has 2 aliphatic rings. The molecule has 0 radical (unpaired) electrons. The lowest BCUT2D eigenvalue weighted by molar-refractivity contribution is 0.182. The summed E-state index contributed by atoms with van der Waals surface area (Å²) in [6, 6.07) is 0.604. The van der Waals surface area contributed by atoms with Crippen LogP contribution in [0.3, 0.4) is 0 Å². The van der Waals surface area contributed by atoms with Gasteiger partial charge in [-0.1, -0.05) is 6.42 Å². The van der Waals surface area contributed by atoms with Gasteiger partial charge in [-0.15, -0.1) is 0 Å². The fraction of sp³-hybridized carbons (Fsp3) is 0.857. The highest BCUT2D eigenvalue weighted by Crippen LogP contribution is 2.21. The Morgan fingerprint density at radius 2 is 2.16 bits per heavy atom.